The third-order valence-corrected chi connectivity index (χ3v) is 5.16. The molecule has 4 heteroatoms. The first-order valence-electron chi connectivity index (χ1n) is 9.33. The van der Waals surface area contributed by atoms with Gasteiger partial charge in [-0.3, -0.25) is 9.69 Å². The molecule has 1 N–H and O–H groups in total. The lowest BCUT2D eigenvalue weighted by Crippen LogP contribution is -2.41. The van der Waals surface area contributed by atoms with Crippen molar-refractivity contribution < 1.29 is 9.53 Å². The van der Waals surface area contributed by atoms with Crippen molar-refractivity contribution in [2.45, 2.75) is 32.7 Å². The third-order valence-electron chi connectivity index (χ3n) is 5.16. The van der Waals surface area contributed by atoms with Crippen molar-refractivity contribution in [3.05, 3.63) is 59.7 Å². The fourth-order valence-electron chi connectivity index (χ4n) is 3.57. The Balaban J connectivity index is 1.87. The Hall–Kier alpha value is -2.33. The first kappa shape index (κ1) is 18.5. The zero-order valence-corrected chi connectivity index (χ0v) is 15.9. The fraction of sp³-hybridized carbons (Fsp3) is 0.409. The van der Waals surface area contributed by atoms with E-state index in [2.05, 4.69) is 17.1 Å². The summed E-state index contributed by atoms with van der Waals surface area (Å²) in [5.41, 5.74) is 2.85. The Bertz CT molecular complexity index is 737. The van der Waals surface area contributed by atoms with Gasteiger partial charge < -0.3 is 10.1 Å². The predicted molar refractivity (Wildman–Crippen MR) is 106 cm³/mol. The maximum atomic E-state index is 13.3. The van der Waals surface area contributed by atoms with Crippen LogP contribution in [0.4, 0.5) is 5.69 Å². The summed E-state index contributed by atoms with van der Waals surface area (Å²) in [6.45, 7) is 6.18. The summed E-state index contributed by atoms with van der Waals surface area (Å²) in [6.07, 6.45) is 2.26. The van der Waals surface area contributed by atoms with Gasteiger partial charge in [0.25, 0.3) is 0 Å². The highest BCUT2D eigenvalue weighted by Crippen LogP contribution is 2.30. The van der Waals surface area contributed by atoms with Gasteiger partial charge in [0.15, 0.2) is 0 Å². The van der Waals surface area contributed by atoms with Crippen LogP contribution in [-0.4, -0.2) is 31.0 Å². The van der Waals surface area contributed by atoms with Crippen molar-refractivity contribution in [3.63, 3.8) is 0 Å². The number of aryl methyl sites for hydroxylation is 1. The minimum atomic E-state index is -0.283. The topological polar surface area (TPSA) is 41.6 Å². The molecule has 1 heterocycles. The van der Waals surface area contributed by atoms with E-state index in [-0.39, 0.29) is 11.9 Å². The number of carbonyl (C=O) groups excluding carboxylic acids is 1. The Morgan fingerprint density at radius 3 is 2.50 bits per heavy atom. The molecule has 1 amide bonds. The Morgan fingerprint density at radius 1 is 1.15 bits per heavy atom. The van der Waals surface area contributed by atoms with Gasteiger partial charge in [-0.05, 0) is 62.0 Å². The summed E-state index contributed by atoms with van der Waals surface area (Å²) in [4.78, 5) is 15.6. The van der Waals surface area contributed by atoms with Crippen LogP contribution >= 0.6 is 0 Å². The number of likely N-dealkylation sites (tertiary alicyclic amines) is 1. The van der Waals surface area contributed by atoms with Gasteiger partial charge in [0.2, 0.25) is 5.91 Å². The molecule has 0 aromatic heterocycles. The first-order valence-corrected chi connectivity index (χ1v) is 9.33. The second-order valence-electron chi connectivity index (χ2n) is 7.22. The second kappa shape index (κ2) is 8.37. The lowest BCUT2D eigenvalue weighted by Gasteiger charge is -2.36. The molecule has 1 saturated heterocycles. The van der Waals surface area contributed by atoms with Gasteiger partial charge in [0, 0.05) is 0 Å². The largest absolute Gasteiger partial charge is 0.495 e. The van der Waals surface area contributed by atoms with Crippen molar-refractivity contribution in [3.8, 4) is 5.75 Å². The molecule has 0 bridgehead atoms. The van der Waals surface area contributed by atoms with Gasteiger partial charge in [-0.15, -0.1) is 0 Å². The number of piperidine rings is 1. The monoisotopic (exact) mass is 352 g/mol. The van der Waals surface area contributed by atoms with Gasteiger partial charge in [-0.2, -0.15) is 0 Å². The van der Waals surface area contributed by atoms with E-state index in [9.17, 15) is 4.79 Å². The van der Waals surface area contributed by atoms with Gasteiger partial charge in [0.1, 0.15) is 11.8 Å². The molecular weight excluding hydrogens is 324 g/mol. The first-order chi connectivity index (χ1) is 12.6. The number of benzene rings is 2. The number of methoxy groups -OCH3 is 1. The highest BCUT2D eigenvalue weighted by atomic mass is 16.5. The summed E-state index contributed by atoms with van der Waals surface area (Å²) in [6, 6.07) is 15.6. The minimum Gasteiger partial charge on any atom is -0.495 e. The molecule has 1 unspecified atom stereocenters. The van der Waals surface area contributed by atoms with Crippen LogP contribution in [0.2, 0.25) is 0 Å². The molecule has 4 nitrogen and oxygen atoms in total. The number of nitrogens with zero attached hydrogens (tertiary/aromatic N) is 1. The molecule has 1 aliphatic rings. The average molecular weight is 352 g/mol. The number of nitrogens with one attached hydrogen (secondary N) is 1. The number of ether oxygens (including phenoxy) is 1. The molecule has 138 valence electrons. The molecule has 0 saturated carbocycles. The van der Waals surface area contributed by atoms with Gasteiger partial charge >= 0.3 is 0 Å². The molecule has 1 atom stereocenters. The molecule has 3 rings (SSSR count). The minimum absolute atomic E-state index is 0.00495. The second-order valence-corrected chi connectivity index (χ2v) is 7.22. The van der Waals surface area contributed by atoms with Gasteiger partial charge in [-0.1, -0.05) is 43.3 Å². The van der Waals surface area contributed by atoms with Crippen LogP contribution in [0.25, 0.3) is 0 Å². The van der Waals surface area contributed by atoms with Gasteiger partial charge in [0.05, 0.1) is 12.8 Å². The van der Waals surface area contributed by atoms with E-state index in [1.807, 2.05) is 55.5 Å². The normalized spacial score (nSPS) is 16.9. The molecule has 1 fully saturated rings. The molecule has 2 aromatic rings. The van der Waals surface area contributed by atoms with E-state index in [4.69, 9.17) is 4.74 Å². The van der Waals surface area contributed by atoms with E-state index >= 15 is 0 Å². The summed E-state index contributed by atoms with van der Waals surface area (Å²) in [7, 11) is 1.63. The van der Waals surface area contributed by atoms with Crippen LogP contribution in [0.3, 0.4) is 0 Å². The smallest absolute Gasteiger partial charge is 0.246 e. The predicted octanol–water partition coefficient (Wildman–Crippen LogP) is 4.42. The van der Waals surface area contributed by atoms with Crippen LogP contribution in [0.1, 0.15) is 36.9 Å². The number of rotatable bonds is 5. The maximum Gasteiger partial charge on any atom is 0.246 e. The zero-order chi connectivity index (χ0) is 18.5. The summed E-state index contributed by atoms with van der Waals surface area (Å²) in [5.74, 6) is 1.40. The average Bonchev–Trinajstić information content (AvgIpc) is 2.65. The third kappa shape index (κ3) is 4.25. The molecule has 0 aliphatic carbocycles. The highest BCUT2D eigenvalue weighted by molar-refractivity contribution is 5.96. The lowest BCUT2D eigenvalue weighted by molar-refractivity contribution is -0.122. The molecule has 0 spiro atoms. The van der Waals surface area contributed by atoms with Crippen LogP contribution in [0, 0.1) is 12.8 Å². The number of hydrogen-bond donors (Lipinski definition) is 1. The van der Waals surface area contributed by atoms with E-state index in [0.29, 0.717) is 5.75 Å². The number of amides is 1. The summed E-state index contributed by atoms with van der Waals surface area (Å²) in [5, 5.41) is 3.10. The van der Waals surface area contributed by atoms with E-state index in [0.717, 1.165) is 48.7 Å². The highest BCUT2D eigenvalue weighted by Gasteiger charge is 2.30. The SMILES string of the molecule is COc1ccc(C)cc1NC(=O)C(c1ccccc1)N1CCC(C)CC1. The number of anilines is 1. The summed E-state index contributed by atoms with van der Waals surface area (Å²) >= 11 is 0. The standard InChI is InChI=1S/C22H28N2O2/c1-16-11-13-24(14-12-16)21(18-7-5-4-6-8-18)22(25)23-19-15-17(2)9-10-20(19)26-3/h4-10,15-16,21H,11-14H2,1-3H3,(H,23,25). The number of carbonyl (C=O) groups is 1. The van der Waals surface area contributed by atoms with Crippen LogP contribution in [-0.2, 0) is 4.79 Å². The van der Waals surface area contributed by atoms with Crippen molar-refractivity contribution in [2.75, 3.05) is 25.5 Å². The Labute approximate surface area is 156 Å². The van der Waals surface area contributed by atoms with Crippen molar-refractivity contribution in [1.29, 1.82) is 0 Å². The molecule has 26 heavy (non-hydrogen) atoms. The molecule has 1 aliphatic heterocycles. The van der Waals surface area contributed by atoms with E-state index in [1.165, 1.54) is 0 Å². The van der Waals surface area contributed by atoms with Crippen molar-refractivity contribution in [1.82, 2.24) is 4.90 Å². The van der Waals surface area contributed by atoms with Crippen LogP contribution in [0.5, 0.6) is 5.75 Å². The molecule has 2 aromatic carbocycles. The van der Waals surface area contributed by atoms with Crippen molar-refractivity contribution >= 4 is 11.6 Å². The van der Waals surface area contributed by atoms with Gasteiger partial charge in [-0.25, -0.2) is 0 Å². The number of hydrogen-bond acceptors (Lipinski definition) is 3. The molecular formula is C22H28N2O2. The van der Waals surface area contributed by atoms with Crippen LogP contribution in [0.15, 0.2) is 48.5 Å². The maximum absolute atomic E-state index is 13.3. The lowest BCUT2D eigenvalue weighted by atomic mass is 9.95. The van der Waals surface area contributed by atoms with E-state index < -0.39 is 0 Å². The Kier molecular flexibility index (Phi) is 5.94. The van der Waals surface area contributed by atoms with Crippen molar-refractivity contribution in [2.24, 2.45) is 5.92 Å². The zero-order valence-electron chi connectivity index (χ0n) is 15.9. The Morgan fingerprint density at radius 2 is 1.85 bits per heavy atom. The van der Waals surface area contributed by atoms with E-state index in [1.54, 1.807) is 7.11 Å². The molecule has 0 radical (unpaired) electrons. The summed E-state index contributed by atoms with van der Waals surface area (Å²) < 4.78 is 5.42. The van der Waals surface area contributed by atoms with Crippen LogP contribution < -0.4 is 10.1 Å². The quantitative estimate of drug-likeness (QED) is 0.866. The fourth-order valence-corrected chi connectivity index (χ4v) is 3.57.